The van der Waals surface area contributed by atoms with Gasteiger partial charge in [0.25, 0.3) is 0 Å². The number of hydrogen-bond donors (Lipinski definition) is 1. The van der Waals surface area contributed by atoms with Gasteiger partial charge in [-0.25, -0.2) is 0 Å². The Morgan fingerprint density at radius 1 is 0.941 bits per heavy atom. The molecule has 2 N–H and O–H groups in total. The van der Waals surface area contributed by atoms with Crippen LogP contribution in [0.2, 0.25) is 0 Å². The van der Waals surface area contributed by atoms with Crippen LogP contribution in [0.15, 0.2) is 60.7 Å². The van der Waals surface area contributed by atoms with E-state index in [1.165, 1.54) is 0 Å². The van der Waals surface area contributed by atoms with Gasteiger partial charge >= 0.3 is 5.97 Å². The molecule has 0 aliphatic heterocycles. The summed E-state index contributed by atoms with van der Waals surface area (Å²) in [6.45, 7) is 6.09. The number of hydrogen-bond acceptors (Lipinski definition) is 6. The van der Waals surface area contributed by atoms with Crippen LogP contribution in [0.3, 0.4) is 0 Å². The van der Waals surface area contributed by atoms with Crippen molar-refractivity contribution in [3.8, 4) is 11.5 Å². The van der Waals surface area contributed by atoms with Crippen LogP contribution in [-0.4, -0.2) is 37.5 Å². The summed E-state index contributed by atoms with van der Waals surface area (Å²) in [6, 6.07) is 18.6. The van der Waals surface area contributed by atoms with E-state index in [1.807, 2.05) is 43.3 Å². The number of esters is 1. The maximum absolute atomic E-state index is 12.7. The minimum atomic E-state index is -2.42. The minimum absolute atomic E-state index is 0.298. The summed E-state index contributed by atoms with van der Waals surface area (Å²) in [5, 5.41) is 2.04. The lowest BCUT2D eigenvalue weighted by Gasteiger charge is -2.13. The van der Waals surface area contributed by atoms with Crippen molar-refractivity contribution in [3.05, 3.63) is 71.8 Å². The summed E-state index contributed by atoms with van der Waals surface area (Å²) in [6.07, 6.45) is 1.61. The van der Waals surface area contributed by atoms with E-state index in [1.54, 1.807) is 37.6 Å². The van der Waals surface area contributed by atoms with Crippen LogP contribution in [0.1, 0.15) is 36.8 Å². The van der Waals surface area contributed by atoms with Crippen molar-refractivity contribution in [1.29, 1.82) is 0 Å². The van der Waals surface area contributed by atoms with E-state index in [0.717, 1.165) is 40.5 Å². The van der Waals surface area contributed by atoms with Crippen LogP contribution in [0, 0.1) is 0 Å². The fourth-order valence-corrected chi connectivity index (χ4v) is 4.01. The third-order valence-electron chi connectivity index (χ3n) is 5.26. The van der Waals surface area contributed by atoms with E-state index >= 15 is 0 Å². The number of carbonyl (C=O) groups excluding carboxylic acids is 1. The van der Waals surface area contributed by atoms with Crippen molar-refractivity contribution in [2.75, 3.05) is 26.5 Å². The van der Waals surface area contributed by atoms with Crippen molar-refractivity contribution in [2.24, 2.45) is 5.73 Å². The molecule has 0 amide bonds. The molecule has 3 rings (SSSR count). The standard InChI is InChI=1S/C26H30NO5PS/c1-18(26(28)32-23-11-8-19(9-12-23)25(27)34)20-6-7-22-17-24(13-10-21(22)16-20)30-14-4-5-15-31-33(2,3)29/h6-13,16-18H,4-5,14-15H2,1-3H3,(H2,27,34). The highest BCUT2D eigenvalue weighted by Crippen LogP contribution is 2.37. The molecular formula is C26H30NO5PS. The number of benzene rings is 3. The van der Waals surface area contributed by atoms with Crippen molar-refractivity contribution >= 4 is 41.3 Å². The number of rotatable bonds is 11. The van der Waals surface area contributed by atoms with E-state index in [2.05, 4.69) is 0 Å². The van der Waals surface area contributed by atoms with Gasteiger partial charge in [-0.05, 0) is 72.5 Å². The van der Waals surface area contributed by atoms with Crippen LogP contribution in [0.25, 0.3) is 10.8 Å². The summed E-state index contributed by atoms with van der Waals surface area (Å²) in [5.41, 5.74) is 7.19. The Hall–Kier alpha value is -2.73. The van der Waals surface area contributed by atoms with Crippen LogP contribution in [0.5, 0.6) is 11.5 Å². The Kier molecular flexibility index (Phi) is 8.84. The van der Waals surface area contributed by atoms with E-state index < -0.39 is 13.3 Å². The van der Waals surface area contributed by atoms with Crippen molar-refractivity contribution in [3.63, 3.8) is 0 Å². The maximum Gasteiger partial charge on any atom is 0.318 e. The molecule has 34 heavy (non-hydrogen) atoms. The van der Waals surface area contributed by atoms with Gasteiger partial charge in [-0.2, -0.15) is 0 Å². The predicted molar refractivity (Wildman–Crippen MR) is 140 cm³/mol. The molecule has 3 aromatic carbocycles. The maximum atomic E-state index is 12.7. The van der Waals surface area contributed by atoms with Crippen molar-refractivity contribution in [1.82, 2.24) is 0 Å². The molecule has 0 bridgehead atoms. The quantitative estimate of drug-likeness (QED) is 0.116. The van der Waals surface area contributed by atoms with Crippen LogP contribution in [0.4, 0.5) is 0 Å². The Morgan fingerprint density at radius 2 is 1.56 bits per heavy atom. The fourth-order valence-electron chi connectivity index (χ4n) is 3.31. The third kappa shape index (κ3) is 7.66. The van der Waals surface area contributed by atoms with Gasteiger partial charge in [-0.15, -0.1) is 0 Å². The number of unbranched alkanes of at least 4 members (excludes halogenated alkanes) is 1. The van der Waals surface area contributed by atoms with Crippen LogP contribution >= 0.6 is 19.6 Å². The lowest BCUT2D eigenvalue weighted by Crippen LogP contribution is -2.16. The molecule has 0 heterocycles. The van der Waals surface area contributed by atoms with Gasteiger partial charge in [-0.1, -0.05) is 36.5 Å². The van der Waals surface area contributed by atoms with E-state index in [4.69, 9.17) is 31.9 Å². The molecule has 1 atom stereocenters. The Bertz CT molecular complexity index is 1210. The molecule has 3 aromatic rings. The molecular weight excluding hydrogens is 469 g/mol. The Balaban J connectivity index is 1.56. The van der Waals surface area contributed by atoms with E-state index in [0.29, 0.717) is 24.0 Å². The molecule has 6 nitrogen and oxygen atoms in total. The third-order valence-corrected chi connectivity index (χ3v) is 6.30. The molecule has 1 unspecified atom stereocenters. The summed E-state index contributed by atoms with van der Waals surface area (Å²) in [5.74, 6) is 0.461. The van der Waals surface area contributed by atoms with Crippen molar-refractivity contribution in [2.45, 2.75) is 25.7 Å². The summed E-state index contributed by atoms with van der Waals surface area (Å²) in [4.78, 5) is 13.0. The number of thiocarbonyl (C=S) groups is 1. The fraction of sp³-hybridized carbons (Fsp3) is 0.308. The zero-order valence-corrected chi connectivity index (χ0v) is 21.4. The van der Waals surface area contributed by atoms with Gasteiger partial charge in [0.15, 0.2) is 7.37 Å². The first-order valence-electron chi connectivity index (χ1n) is 11.1. The van der Waals surface area contributed by atoms with Gasteiger partial charge in [-0.3, -0.25) is 9.36 Å². The topological polar surface area (TPSA) is 87.8 Å². The molecule has 8 heteroatoms. The first kappa shape index (κ1) is 25.9. The monoisotopic (exact) mass is 499 g/mol. The first-order valence-corrected chi connectivity index (χ1v) is 14.0. The average Bonchev–Trinajstić information content (AvgIpc) is 2.80. The number of nitrogens with two attached hydrogens (primary N) is 1. The molecule has 180 valence electrons. The highest BCUT2D eigenvalue weighted by atomic mass is 32.1. The van der Waals surface area contributed by atoms with Crippen LogP contribution in [-0.2, 0) is 13.9 Å². The highest BCUT2D eigenvalue weighted by molar-refractivity contribution is 7.80. The number of fused-ring (bicyclic) bond motifs is 1. The second-order valence-electron chi connectivity index (χ2n) is 8.44. The first-order chi connectivity index (χ1) is 16.1. The predicted octanol–water partition coefficient (Wildman–Crippen LogP) is 5.90. The van der Waals surface area contributed by atoms with Gasteiger partial charge in [0.2, 0.25) is 0 Å². The van der Waals surface area contributed by atoms with E-state index in [-0.39, 0.29) is 5.97 Å². The normalized spacial score (nSPS) is 12.3. The Morgan fingerprint density at radius 3 is 2.24 bits per heavy atom. The number of ether oxygens (including phenoxy) is 2. The SMILES string of the molecule is CC(C(=O)Oc1ccc(C(N)=S)cc1)c1ccc2cc(OCCCCOP(C)(C)=O)ccc2c1. The smallest absolute Gasteiger partial charge is 0.318 e. The second-order valence-corrected chi connectivity index (χ2v) is 11.6. The van der Waals surface area contributed by atoms with Gasteiger partial charge in [0.05, 0.1) is 19.1 Å². The molecule has 0 spiro atoms. The molecule has 0 aliphatic carbocycles. The van der Waals surface area contributed by atoms with Crippen molar-refractivity contribution < 1.29 is 23.4 Å². The highest BCUT2D eigenvalue weighted by Gasteiger charge is 2.18. The summed E-state index contributed by atoms with van der Waals surface area (Å²) >= 11 is 4.94. The minimum Gasteiger partial charge on any atom is -0.494 e. The lowest BCUT2D eigenvalue weighted by atomic mass is 9.98. The van der Waals surface area contributed by atoms with E-state index in [9.17, 15) is 9.36 Å². The average molecular weight is 500 g/mol. The Labute approximate surface area is 205 Å². The zero-order chi connectivity index (χ0) is 24.7. The molecule has 0 radical (unpaired) electrons. The molecule has 0 saturated carbocycles. The van der Waals surface area contributed by atoms with Crippen LogP contribution < -0.4 is 15.2 Å². The lowest BCUT2D eigenvalue weighted by molar-refractivity contribution is -0.135. The molecule has 0 saturated heterocycles. The number of carbonyl (C=O) groups is 1. The van der Waals surface area contributed by atoms with Gasteiger partial charge in [0, 0.05) is 18.9 Å². The summed E-state index contributed by atoms with van der Waals surface area (Å²) < 4.78 is 28.2. The van der Waals surface area contributed by atoms with Gasteiger partial charge < -0.3 is 19.7 Å². The zero-order valence-electron chi connectivity index (χ0n) is 19.7. The molecule has 0 aliphatic rings. The summed E-state index contributed by atoms with van der Waals surface area (Å²) in [7, 11) is -2.42. The largest absolute Gasteiger partial charge is 0.494 e. The molecule has 0 aromatic heterocycles. The second kappa shape index (κ2) is 11.6. The van der Waals surface area contributed by atoms with Gasteiger partial charge in [0.1, 0.15) is 16.5 Å². The molecule has 0 fully saturated rings.